The van der Waals surface area contributed by atoms with Crippen molar-refractivity contribution in [1.29, 1.82) is 0 Å². The van der Waals surface area contributed by atoms with Gasteiger partial charge in [-0.2, -0.15) is 0 Å². The van der Waals surface area contributed by atoms with Gasteiger partial charge in [0, 0.05) is 29.8 Å². The SMILES string of the molecule is CCCc1nc(S(=O)(=O)Cl)cn1CC. The first-order valence-electron chi connectivity index (χ1n) is 4.49. The molecular formula is C8H13ClN2O2S. The molecule has 0 N–H and O–H groups in total. The summed E-state index contributed by atoms with van der Waals surface area (Å²) in [7, 11) is 1.50. The zero-order chi connectivity index (χ0) is 10.8. The average Bonchev–Trinajstić information content (AvgIpc) is 2.47. The number of hydrogen-bond acceptors (Lipinski definition) is 3. The second-order valence-electron chi connectivity index (χ2n) is 2.97. The van der Waals surface area contributed by atoms with Crippen molar-refractivity contribution in [1.82, 2.24) is 9.55 Å². The summed E-state index contributed by atoms with van der Waals surface area (Å²) >= 11 is 0. The van der Waals surface area contributed by atoms with Gasteiger partial charge < -0.3 is 4.57 Å². The van der Waals surface area contributed by atoms with Crippen molar-refractivity contribution in [3.63, 3.8) is 0 Å². The van der Waals surface area contributed by atoms with E-state index in [1.54, 1.807) is 4.57 Å². The van der Waals surface area contributed by atoms with Crippen LogP contribution < -0.4 is 0 Å². The molecule has 1 rings (SSSR count). The zero-order valence-corrected chi connectivity index (χ0v) is 9.77. The first-order valence-corrected chi connectivity index (χ1v) is 6.80. The Morgan fingerprint density at radius 2 is 2.14 bits per heavy atom. The number of hydrogen-bond donors (Lipinski definition) is 0. The van der Waals surface area contributed by atoms with Gasteiger partial charge >= 0.3 is 0 Å². The maximum atomic E-state index is 11.0. The smallest absolute Gasteiger partial charge is 0.280 e. The highest BCUT2D eigenvalue weighted by Crippen LogP contribution is 2.15. The Hall–Kier alpha value is -0.550. The molecule has 0 unspecified atom stereocenters. The summed E-state index contributed by atoms with van der Waals surface area (Å²) in [5.74, 6) is 0.772. The third kappa shape index (κ3) is 2.48. The lowest BCUT2D eigenvalue weighted by atomic mass is 10.3. The highest BCUT2D eigenvalue weighted by Gasteiger charge is 2.16. The van der Waals surface area contributed by atoms with E-state index >= 15 is 0 Å². The van der Waals surface area contributed by atoms with Crippen LogP contribution in [0.5, 0.6) is 0 Å². The van der Waals surface area contributed by atoms with E-state index in [1.807, 2.05) is 13.8 Å². The number of halogens is 1. The molecule has 0 atom stereocenters. The number of aryl methyl sites for hydroxylation is 2. The fourth-order valence-corrected chi connectivity index (χ4v) is 1.93. The lowest BCUT2D eigenvalue weighted by Crippen LogP contribution is -1.99. The first-order chi connectivity index (χ1) is 6.49. The van der Waals surface area contributed by atoms with Crippen LogP contribution in [0.15, 0.2) is 11.2 Å². The summed E-state index contributed by atoms with van der Waals surface area (Å²) in [4.78, 5) is 3.99. The van der Waals surface area contributed by atoms with Crippen LogP contribution in [0, 0.1) is 0 Å². The maximum absolute atomic E-state index is 11.0. The molecule has 0 aliphatic carbocycles. The second-order valence-corrected chi connectivity index (χ2v) is 5.48. The van der Waals surface area contributed by atoms with Crippen LogP contribution in [0.3, 0.4) is 0 Å². The fourth-order valence-electron chi connectivity index (χ4n) is 1.24. The van der Waals surface area contributed by atoms with Crippen molar-refractivity contribution < 1.29 is 8.42 Å². The molecule has 6 heteroatoms. The lowest BCUT2D eigenvalue weighted by Gasteiger charge is -2.00. The summed E-state index contributed by atoms with van der Waals surface area (Å²) < 4.78 is 23.8. The van der Waals surface area contributed by atoms with E-state index in [0.29, 0.717) is 6.54 Å². The molecule has 0 saturated carbocycles. The van der Waals surface area contributed by atoms with Crippen LogP contribution in [0.1, 0.15) is 26.1 Å². The van der Waals surface area contributed by atoms with E-state index in [9.17, 15) is 8.42 Å². The van der Waals surface area contributed by atoms with Gasteiger partial charge in [-0.3, -0.25) is 0 Å². The van der Waals surface area contributed by atoms with Gasteiger partial charge in [0.25, 0.3) is 9.05 Å². The molecule has 0 aliphatic rings. The van der Waals surface area contributed by atoms with Gasteiger partial charge in [-0.25, -0.2) is 13.4 Å². The van der Waals surface area contributed by atoms with Crippen LogP contribution in [-0.2, 0) is 22.0 Å². The third-order valence-electron chi connectivity index (χ3n) is 1.90. The van der Waals surface area contributed by atoms with Gasteiger partial charge in [-0.15, -0.1) is 0 Å². The average molecular weight is 237 g/mol. The molecule has 0 fully saturated rings. The molecular weight excluding hydrogens is 224 g/mol. The molecule has 1 aromatic rings. The zero-order valence-electron chi connectivity index (χ0n) is 8.20. The molecule has 0 bridgehead atoms. The molecule has 80 valence electrons. The van der Waals surface area contributed by atoms with Gasteiger partial charge in [0.2, 0.25) is 0 Å². The second kappa shape index (κ2) is 4.31. The summed E-state index contributed by atoms with van der Waals surface area (Å²) in [5, 5.41) is -0.0514. The van der Waals surface area contributed by atoms with Gasteiger partial charge in [0.15, 0.2) is 5.03 Å². The minimum absolute atomic E-state index is 0.0514. The van der Waals surface area contributed by atoms with E-state index in [0.717, 1.165) is 18.7 Å². The Kier molecular flexibility index (Phi) is 3.55. The summed E-state index contributed by atoms with van der Waals surface area (Å²) in [5.41, 5.74) is 0. The van der Waals surface area contributed by atoms with Crippen LogP contribution in [-0.4, -0.2) is 18.0 Å². The standard InChI is InChI=1S/C8H13ClN2O2S/c1-3-5-7-10-8(14(9,12)13)6-11(7)4-2/h6H,3-5H2,1-2H3. The van der Waals surface area contributed by atoms with Crippen LogP contribution in [0.25, 0.3) is 0 Å². The van der Waals surface area contributed by atoms with E-state index < -0.39 is 9.05 Å². The van der Waals surface area contributed by atoms with Gasteiger partial charge in [-0.1, -0.05) is 6.92 Å². The third-order valence-corrected chi connectivity index (χ3v) is 3.07. The Labute approximate surface area is 88.3 Å². The van der Waals surface area contributed by atoms with Gasteiger partial charge in [0.1, 0.15) is 5.82 Å². The minimum Gasteiger partial charge on any atom is -0.334 e. The molecule has 0 aliphatic heterocycles. The highest BCUT2D eigenvalue weighted by atomic mass is 35.7. The van der Waals surface area contributed by atoms with E-state index in [-0.39, 0.29) is 5.03 Å². The Morgan fingerprint density at radius 1 is 1.50 bits per heavy atom. The minimum atomic E-state index is -3.69. The van der Waals surface area contributed by atoms with Crippen LogP contribution in [0.2, 0.25) is 0 Å². The lowest BCUT2D eigenvalue weighted by molar-refractivity contribution is 0.606. The predicted octanol–water partition coefficient (Wildman–Crippen LogP) is 1.78. The van der Waals surface area contributed by atoms with Gasteiger partial charge in [-0.05, 0) is 13.3 Å². The van der Waals surface area contributed by atoms with Gasteiger partial charge in [0.05, 0.1) is 0 Å². The monoisotopic (exact) mass is 236 g/mol. The van der Waals surface area contributed by atoms with Crippen molar-refractivity contribution in [3.05, 3.63) is 12.0 Å². The topological polar surface area (TPSA) is 52.0 Å². The van der Waals surface area contributed by atoms with E-state index in [4.69, 9.17) is 10.7 Å². The van der Waals surface area contributed by atoms with Crippen molar-refractivity contribution >= 4 is 19.7 Å². The highest BCUT2D eigenvalue weighted by molar-refractivity contribution is 8.13. The number of imidazole rings is 1. The van der Waals surface area contributed by atoms with Crippen molar-refractivity contribution in [3.8, 4) is 0 Å². The first kappa shape index (κ1) is 11.5. The molecule has 0 spiro atoms. The normalized spacial score (nSPS) is 11.9. The molecule has 0 radical (unpaired) electrons. The number of aromatic nitrogens is 2. The summed E-state index contributed by atoms with van der Waals surface area (Å²) in [6.07, 6.45) is 3.17. The molecule has 1 aromatic heterocycles. The maximum Gasteiger partial charge on any atom is 0.280 e. The molecule has 0 saturated heterocycles. The van der Waals surface area contributed by atoms with Crippen molar-refractivity contribution in [2.75, 3.05) is 0 Å². The summed E-state index contributed by atoms with van der Waals surface area (Å²) in [6, 6.07) is 0. The van der Waals surface area contributed by atoms with E-state index in [1.165, 1.54) is 6.20 Å². The van der Waals surface area contributed by atoms with Crippen molar-refractivity contribution in [2.24, 2.45) is 0 Å². The molecule has 4 nitrogen and oxygen atoms in total. The largest absolute Gasteiger partial charge is 0.334 e. The number of nitrogens with zero attached hydrogens (tertiary/aromatic N) is 2. The van der Waals surface area contributed by atoms with Crippen LogP contribution >= 0.6 is 10.7 Å². The molecule has 14 heavy (non-hydrogen) atoms. The molecule has 1 heterocycles. The molecule has 0 aromatic carbocycles. The van der Waals surface area contributed by atoms with E-state index in [2.05, 4.69) is 4.98 Å². The van der Waals surface area contributed by atoms with Crippen LogP contribution in [0.4, 0.5) is 0 Å². The number of rotatable bonds is 4. The quantitative estimate of drug-likeness (QED) is 0.749. The Balaban J connectivity index is 3.13. The Morgan fingerprint density at radius 3 is 2.57 bits per heavy atom. The summed E-state index contributed by atoms with van der Waals surface area (Å²) in [6.45, 7) is 4.66. The fraction of sp³-hybridized carbons (Fsp3) is 0.625. The van der Waals surface area contributed by atoms with Crippen molar-refractivity contribution in [2.45, 2.75) is 38.3 Å². The predicted molar refractivity (Wildman–Crippen MR) is 54.9 cm³/mol. The Bertz CT molecular complexity index is 411. The molecule has 0 amide bonds.